The van der Waals surface area contributed by atoms with Gasteiger partial charge in [-0.1, -0.05) is 65.9 Å². The number of benzene rings is 3. The summed E-state index contributed by atoms with van der Waals surface area (Å²) in [7, 11) is 0. The molecule has 1 N–H and O–H groups in total. The van der Waals surface area contributed by atoms with Gasteiger partial charge in [-0.15, -0.1) is 10.2 Å². The molecule has 0 saturated heterocycles. The molecule has 31 heavy (non-hydrogen) atoms. The zero-order valence-electron chi connectivity index (χ0n) is 16.9. The summed E-state index contributed by atoms with van der Waals surface area (Å²) in [5.74, 6) is 1.53. The summed E-state index contributed by atoms with van der Waals surface area (Å²) in [6, 6.07) is 28.8. The van der Waals surface area contributed by atoms with Crippen molar-refractivity contribution in [1.82, 2.24) is 25.6 Å². The van der Waals surface area contributed by atoms with E-state index in [1.807, 2.05) is 42.5 Å². The van der Waals surface area contributed by atoms with Gasteiger partial charge in [0.15, 0.2) is 5.82 Å². The number of rotatable bonds is 7. The topological polar surface area (TPSA) is 76.6 Å². The SMILES string of the molecule is c1ccc(Cc2nn[nH]n2)c(Cc2ccc(OCc3ccc4ccccc4n3)cc2)c1. The van der Waals surface area contributed by atoms with Gasteiger partial charge in [-0.25, -0.2) is 4.98 Å². The summed E-state index contributed by atoms with van der Waals surface area (Å²) in [6.07, 6.45) is 1.49. The maximum atomic E-state index is 5.95. The van der Waals surface area contributed by atoms with Crippen molar-refractivity contribution in [1.29, 1.82) is 0 Å². The van der Waals surface area contributed by atoms with Crippen LogP contribution >= 0.6 is 0 Å². The van der Waals surface area contributed by atoms with Gasteiger partial charge in [0.05, 0.1) is 11.2 Å². The predicted octanol–water partition coefficient (Wildman–Crippen LogP) is 4.51. The Morgan fingerprint density at radius 3 is 2.32 bits per heavy atom. The number of H-pyrrole nitrogens is 1. The van der Waals surface area contributed by atoms with Crippen LogP contribution in [0.2, 0.25) is 0 Å². The van der Waals surface area contributed by atoms with Crippen molar-refractivity contribution >= 4 is 10.9 Å². The van der Waals surface area contributed by atoms with E-state index in [-0.39, 0.29) is 0 Å². The summed E-state index contributed by atoms with van der Waals surface area (Å²) in [5, 5.41) is 15.4. The smallest absolute Gasteiger partial charge is 0.178 e. The minimum Gasteiger partial charge on any atom is -0.487 e. The van der Waals surface area contributed by atoms with Crippen LogP contribution in [0.1, 0.15) is 28.2 Å². The molecule has 0 spiro atoms. The minimum atomic E-state index is 0.442. The highest BCUT2D eigenvalue weighted by molar-refractivity contribution is 5.78. The summed E-state index contributed by atoms with van der Waals surface area (Å²) in [4.78, 5) is 4.66. The normalized spacial score (nSPS) is 11.0. The summed E-state index contributed by atoms with van der Waals surface area (Å²) in [5.41, 5.74) is 5.57. The lowest BCUT2D eigenvalue weighted by atomic mass is 9.98. The molecular formula is C25H21N5O. The number of nitrogens with one attached hydrogen (secondary N) is 1. The Hall–Kier alpha value is -4.06. The predicted molar refractivity (Wildman–Crippen MR) is 119 cm³/mol. The second-order valence-corrected chi connectivity index (χ2v) is 7.38. The number of hydrogen-bond donors (Lipinski definition) is 1. The summed E-state index contributed by atoms with van der Waals surface area (Å²) in [6.45, 7) is 0.442. The van der Waals surface area contributed by atoms with E-state index in [4.69, 9.17) is 4.74 Å². The number of ether oxygens (including phenoxy) is 1. The molecule has 0 amide bonds. The summed E-state index contributed by atoms with van der Waals surface area (Å²) >= 11 is 0. The highest BCUT2D eigenvalue weighted by Crippen LogP contribution is 2.20. The average Bonchev–Trinajstić information content (AvgIpc) is 3.33. The van der Waals surface area contributed by atoms with Gasteiger partial charge in [0, 0.05) is 11.8 Å². The third kappa shape index (κ3) is 4.59. The number of pyridine rings is 1. The van der Waals surface area contributed by atoms with E-state index in [0.29, 0.717) is 18.9 Å². The van der Waals surface area contributed by atoms with Crippen molar-refractivity contribution in [3.8, 4) is 5.75 Å². The van der Waals surface area contributed by atoms with Crippen LogP contribution < -0.4 is 4.74 Å². The first-order chi connectivity index (χ1) is 15.3. The van der Waals surface area contributed by atoms with Crippen LogP contribution in [-0.2, 0) is 19.4 Å². The van der Waals surface area contributed by atoms with Crippen LogP contribution in [0.3, 0.4) is 0 Å². The first-order valence-electron chi connectivity index (χ1n) is 10.2. The van der Waals surface area contributed by atoms with E-state index >= 15 is 0 Å². The van der Waals surface area contributed by atoms with Crippen molar-refractivity contribution < 1.29 is 4.74 Å². The van der Waals surface area contributed by atoms with Gasteiger partial charge >= 0.3 is 0 Å². The van der Waals surface area contributed by atoms with Crippen molar-refractivity contribution in [3.05, 3.63) is 113 Å². The van der Waals surface area contributed by atoms with Crippen molar-refractivity contribution in [2.24, 2.45) is 0 Å². The largest absolute Gasteiger partial charge is 0.487 e. The maximum Gasteiger partial charge on any atom is 0.178 e. The standard InChI is InChI=1S/C25H21N5O/c1-2-7-21(16-25-27-29-30-28-25)20(6-1)15-18-9-13-23(14-10-18)31-17-22-12-11-19-5-3-4-8-24(19)26-22/h1-14H,15-17H2,(H,27,28,29,30). The molecule has 6 nitrogen and oxygen atoms in total. The molecule has 0 fully saturated rings. The van der Waals surface area contributed by atoms with Gasteiger partial charge in [0.2, 0.25) is 0 Å². The van der Waals surface area contributed by atoms with Gasteiger partial charge in [-0.3, -0.25) is 0 Å². The molecule has 6 heteroatoms. The lowest BCUT2D eigenvalue weighted by molar-refractivity contribution is 0.301. The molecule has 0 saturated carbocycles. The number of hydrogen-bond acceptors (Lipinski definition) is 5. The van der Waals surface area contributed by atoms with Crippen molar-refractivity contribution in [2.75, 3.05) is 0 Å². The fourth-order valence-corrected chi connectivity index (χ4v) is 3.60. The third-order valence-electron chi connectivity index (χ3n) is 5.22. The number of aromatic amines is 1. The number of fused-ring (bicyclic) bond motifs is 1. The number of tetrazole rings is 1. The molecule has 0 bridgehead atoms. The van der Waals surface area contributed by atoms with Gasteiger partial charge in [-0.2, -0.15) is 5.21 Å². The lowest BCUT2D eigenvalue weighted by Gasteiger charge is -2.10. The Morgan fingerprint density at radius 1 is 0.742 bits per heavy atom. The van der Waals surface area contributed by atoms with Crippen LogP contribution in [0, 0.1) is 0 Å². The van der Waals surface area contributed by atoms with E-state index in [1.54, 1.807) is 0 Å². The fraction of sp³-hybridized carbons (Fsp3) is 0.120. The maximum absolute atomic E-state index is 5.95. The van der Waals surface area contributed by atoms with Crippen LogP contribution in [0.4, 0.5) is 0 Å². The molecule has 152 valence electrons. The first kappa shape index (κ1) is 18.9. The number of aromatic nitrogens is 5. The van der Waals surface area contributed by atoms with Crippen LogP contribution in [0.25, 0.3) is 10.9 Å². The zero-order chi connectivity index (χ0) is 20.9. The van der Waals surface area contributed by atoms with Crippen LogP contribution in [0.15, 0.2) is 84.9 Å². The van der Waals surface area contributed by atoms with Gasteiger partial charge in [0.25, 0.3) is 0 Å². The van der Waals surface area contributed by atoms with E-state index in [9.17, 15) is 0 Å². The Kier molecular flexibility index (Phi) is 5.35. The van der Waals surface area contributed by atoms with E-state index < -0.39 is 0 Å². The molecule has 5 aromatic rings. The van der Waals surface area contributed by atoms with E-state index in [0.717, 1.165) is 28.8 Å². The monoisotopic (exact) mass is 407 g/mol. The molecule has 0 aliphatic heterocycles. The van der Waals surface area contributed by atoms with Crippen molar-refractivity contribution in [2.45, 2.75) is 19.4 Å². The molecular weight excluding hydrogens is 386 g/mol. The molecule has 2 heterocycles. The second kappa shape index (κ2) is 8.75. The molecule has 0 atom stereocenters. The van der Waals surface area contributed by atoms with E-state index in [2.05, 4.69) is 68.1 Å². The Balaban J connectivity index is 1.24. The molecule has 0 aliphatic rings. The number of para-hydroxylation sites is 1. The van der Waals surface area contributed by atoms with Crippen LogP contribution in [-0.4, -0.2) is 25.6 Å². The van der Waals surface area contributed by atoms with Gasteiger partial charge in [0.1, 0.15) is 12.4 Å². The average molecular weight is 407 g/mol. The Labute approximate surface area is 179 Å². The van der Waals surface area contributed by atoms with Gasteiger partial charge < -0.3 is 4.74 Å². The third-order valence-corrected chi connectivity index (χ3v) is 5.22. The quantitative estimate of drug-likeness (QED) is 0.430. The minimum absolute atomic E-state index is 0.442. The van der Waals surface area contributed by atoms with Gasteiger partial charge in [-0.05, 0) is 47.4 Å². The summed E-state index contributed by atoms with van der Waals surface area (Å²) < 4.78 is 5.95. The first-order valence-corrected chi connectivity index (χ1v) is 10.2. The molecule has 0 radical (unpaired) electrons. The van der Waals surface area contributed by atoms with Crippen molar-refractivity contribution in [3.63, 3.8) is 0 Å². The molecule has 0 aliphatic carbocycles. The second-order valence-electron chi connectivity index (χ2n) is 7.38. The van der Waals surface area contributed by atoms with Crippen LogP contribution in [0.5, 0.6) is 5.75 Å². The highest BCUT2D eigenvalue weighted by atomic mass is 16.5. The highest BCUT2D eigenvalue weighted by Gasteiger charge is 2.07. The molecule has 2 aromatic heterocycles. The lowest BCUT2D eigenvalue weighted by Crippen LogP contribution is -2.00. The van der Waals surface area contributed by atoms with E-state index in [1.165, 1.54) is 16.7 Å². The molecule has 0 unspecified atom stereocenters. The Bertz CT molecular complexity index is 1280. The zero-order valence-corrected chi connectivity index (χ0v) is 16.9. The fourth-order valence-electron chi connectivity index (χ4n) is 3.60. The molecule has 3 aromatic carbocycles. The number of nitrogens with zero attached hydrogens (tertiary/aromatic N) is 4. The molecule has 5 rings (SSSR count). The Morgan fingerprint density at radius 2 is 1.52 bits per heavy atom.